The fraction of sp³-hybridized carbons (Fsp3) is 0.606. The molecule has 0 amide bonds. The summed E-state index contributed by atoms with van der Waals surface area (Å²) in [7, 11) is 0. The number of unbranched alkanes of at least 4 members (excludes halogenated alkanes) is 3. The van der Waals surface area contributed by atoms with Gasteiger partial charge in [-0.05, 0) is 104 Å². The van der Waals surface area contributed by atoms with Gasteiger partial charge in [-0.3, -0.25) is 0 Å². The van der Waals surface area contributed by atoms with Crippen molar-refractivity contribution in [2.75, 3.05) is 0 Å². The largest absolute Gasteiger partial charge is 0.198 e. The maximum atomic E-state index is 8.66. The summed E-state index contributed by atoms with van der Waals surface area (Å²) in [5.41, 5.74) is 5.80. The predicted octanol–water partition coefficient (Wildman–Crippen LogP) is 10.2. The molecule has 34 heavy (non-hydrogen) atoms. The van der Waals surface area contributed by atoms with Crippen LogP contribution in [-0.4, -0.2) is 0 Å². The second kappa shape index (κ2) is 13.1. The molecule has 0 unspecified atom stereocenters. The van der Waals surface area contributed by atoms with Gasteiger partial charge in [0, 0.05) is 6.42 Å². The van der Waals surface area contributed by atoms with E-state index >= 15 is 0 Å². The SMILES string of the molecule is CCCC1CCC(c2ccc(-c3ccc(C4CCC(CCCCCC#N)CC4)cc3)cc2)CC1. The molecular weight excluding hydrogens is 410 g/mol. The first-order valence-electron chi connectivity index (χ1n) is 14.3. The van der Waals surface area contributed by atoms with Crippen molar-refractivity contribution in [1.82, 2.24) is 0 Å². The Hall–Kier alpha value is -2.07. The maximum Gasteiger partial charge on any atom is 0.0621 e. The summed E-state index contributed by atoms with van der Waals surface area (Å²) < 4.78 is 0. The zero-order valence-corrected chi connectivity index (χ0v) is 21.5. The minimum atomic E-state index is 0.729. The molecule has 0 atom stereocenters. The highest BCUT2D eigenvalue weighted by molar-refractivity contribution is 5.64. The van der Waals surface area contributed by atoms with Crippen LogP contribution in [-0.2, 0) is 0 Å². The van der Waals surface area contributed by atoms with Crippen molar-refractivity contribution in [3.05, 3.63) is 59.7 Å². The van der Waals surface area contributed by atoms with E-state index in [0.717, 1.165) is 36.5 Å². The van der Waals surface area contributed by atoms with Gasteiger partial charge in [0.2, 0.25) is 0 Å². The number of hydrogen-bond donors (Lipinski definition) is 0. The first-order chi connectivity index (χ1) is 16.8. The summed E-state index contributed by atoms with van der Waals surface area (Å²) in [6.45, 7) is 2.32. The molecule has 2 fully saturated rings. The molecule has 0 aliphatic heterocycles. The van der Waals surface area contributed by atoms with Crippen molar-refractivity contribution in [2.45, 2.75) is 115 Å². The molecule has 0 saturated heterocycles. The van der Waals surface area contributed by atoms with Gasteiger partial charge in [0.05, 0.1) is 6.07 Å². The average molecular weight is 456 g/mol. The highest BCUT2D eigenvalue weighted by Crippen LogP contribution is 2.39. The highest BCUT2D eigenvalue weighted by Gasteiger charge is 2.23. The number of rotatable bonds is 10. The van der Waals surface area contributed by atoms with Gasteiger partial charge in [-0.1, -0.05) is 87.6 Å². The van der Waals surface area contributed by atoms with Gasteiger partial charge in [-0.15, -0.1) is 0 Å². The van der Waals surface area contributed by atoms with E-state index in [-0.39, 0.29) is 0 Å². The van der Waals surface area contributed by atoms with Crippen LogP contribution in [0.15, 0.2) is 48.5 Å². The summed E-state index contributed by atoms with van der Waals surface area (Å²) in [5, 5.41) is 8.66. The Kier molecular flexibility index (Phi) is 9.67. The van der Waals surface area contributed by atoms with Gasteiger partial charge in [0.25, 0.3) is 0 Å². The maximum absolute atomic E-state index is 8.66. The normalized spacial score (nSPS) is 25.1. The molecule has 2 aromatic rings. The molecule has 0 aromatic heterocycles. The van der Waals surface area contributed by atoms with Gasteiger partial charge in [-0.25, -0.2) is 0 Å². The summed E-state index contributed by atoms with van der Waals surface area (Å²) in [4.78, 5) is 0. The van der Waals surface area contributed by atoms with E-state index in [0.29, 0.717) is 0 Å². The van der Waals surface area contributed by atoms with Crippen LogP contribution >= 0.6 is 0 Å². The monoisotopic (exact) mass is 455 g/mol. The zero-order chi connectivity index (χ0) is 23.6. The van der Waals surface area contributed by atoms with Crippen LogP contribution in [0.5, 0.6) is 0 Å². The molecular formula is C33H45N. The van der Waals surface area contributed by atoms with Crippen molar-refractivity contribution in [2.24, 2.45) is 11.8 Å². The van der Waals surface area contributed by atoms with Crippen molar-refractivity contribution in [3.8, 4) is 17.2 Å². The van der Waals surface area contributed by atoms with E-state index in [1.807, 2.05) is 0 Å². The Morgan fingerprint density at radius 1 is 0.618 bits per heavy atom. The minimum Gasteiger partial charge on any atom is -0.198 e. The van der Waals surface area contributed by atoms with Gasteiger partial charge >= 0.3 is 0 Å². The molecule has 0 heterocycles. The quantitative estimate of drug-likeness (QED) is 0.327. The standard InChI is InChI=1S/C33H45N/c1-2-7-26-9-13-28(14-10-26)30-17-21-32(22-18-30)33-23-19-31(20-24-33)29-15-11-27(12-16-29)8-5-3-4-6-25-34/h17-24,26-29H,2-16H2,1H3. The Labute approximate surface area is 209 Å². The van der Waals surface area contributed by atoms with Crippen molar-refractivity contribution in [3.63, 3.8) is 0 Å². The van der Waals surface area contributed by atoms with Crippen LogP contribution in [0, 0.1) is 23.2 Å². The molecule has 4 rings (SSSR count). The molecule has 1 heteroatoms. The number of nitrogens with zero attached hydrogens (tertiary/aromatic N) is 1. The summed E-state index contributed by atoms with van der Waals surface area (Å²) in [6, 6.07) is 21.3. The van der Waals surface area contributed by atoms with E-state index in [1.165, 1.54) is 100 Å². The Bertz CT molecular complexity index is 872. The third-order valence-corrected chi connectivity index (χ3v) is 8.89. The highest BCUT2D eigenvalue weighted by atomic mass is 14.3. The lowest BCUT2D eigenvalue weighted by molar-refractivity contribution is 0.302. The first-order valence-corrected chi connectivity index (χ1v) is 14.3. The van der Waals surface area contributed by atoms with E-state index in [2.05, 4.69) is 61.5 Å². The predicted molar refractivity (Wildman–Crippen MR) is 145 cm³/mol. The van der Waals surface area contributed by atoms with Gasteiger partial charge in [0.1, 0.15) is 0 Å². The Morgan fingerprint density at radius 2 is 1.09 bits per heavy atom. The van der Waals surface area contributed by atoms with Crippen molar-refractivity contribution in [1.29, 1.82) is 5.26 Å². The van der Waals surface area contributed by atoms with Gasteiger partial charge in [-0.2, -0.15) is 5.26 Å². The molecule has 0 radical (unpaired) electrons. The molecule has 2 aromatic carbocycles. The van der Waals surface area contributed by atoms with Crippen LogP contribution in [0.2, 0.25) is 0 Å². The third kappa shape index (κ3) is 6.97. The lowest BCUT2D eigenvalue weighted by atomic mass is 9.76. The van der Waals surface area contributed by atoms with Crippen LogP contribution in [0.1, 0.15) is 126 Å². The van der Waals surface area contributed by atoms with E-state index in [1.54, 1.807) is 5.56 Å². The van der Waals surface area contributed by atoms with E-state index in [4.69, 9.17) is 5.26 Å². The summed E-state index contributed by atoms with van der Waals surface area (Å²) in [6.07, 6.45) is 19.5. The summed E-state index contributed by atoms with van der Waals surface area (Å²) >= 11 is 0. The van der Waals surface area contributed by atoms with Crippen LogP contribution in [0.25, 0.3) is 11.1 Å². The fourth-order valence-electron chi connectivity index (χ4n) is 6.69. The third-order valence-electron chi connectivity index (χ3n) is 8.89. The second-order valence-corrected chi connectivity index (χ2v) is 11.2. The zero-order valence-electron chi connectivity index (χ0n) is 21.5. The molecule has 2 saturated carbocycles. The first kappa shape index (κ1) is 25.0. The second-order valence-electron chi connectivity index (χ2n) is 11.2. The topological polar surface area (TPSA) is 23.8 Å². The number of nitriles is 1. The molecule has 2 aliphatic rings. The Balaban J connectivity index is 1.24. The Morgan fingerprint density at radius 3 is 1.53 bits per heavy atom. The smallest absolute Gasteiger partial charge is 0.0621 e. The molecule has 0 N–H and O–H groups in total. The fourth-order valence-corrected chi connectivity index (χ4v) is 6.69. The van der Waals surface area contributed by atoms with Crippen molar-refractivity contribution < 1.29 is 0 Å². The van der Waals surface area contributed by atoms with Gasteiger partial charge in [0.15, 0.2) is 0 Å². The minimum absolute atomic E-state index is 0.729. The summed E-state index contributed by atoms with van der Waals surface area (Å²) in [5.74, 6) is 3.42. The molecule has 0 bridgehead atoms. The molecule has 1 nitrogen and oxygen atoms in total. The lowest BCUT2D eigenvalue weighted by Gasteiger charge is -2.29. The van der Waals surface area contributed by atoms with Crippen molar-refractivity contribution >= 4 is 0 Å². The average Bonchev–Trinajstić information content (AvgIpc) is 2.90. The van der Waals surface area contributed by atoms with Crippen LogP contribution in [0.4, 0.5) is 0 Å². The molecule has 0 spiro atoms. The van der Waals surface area contributed by atoms with Crippen LogP contribution in [0.3, 0.4) is 0 Å². The number of benzene rings is 2. The molecule has 182 valence electrons. The number of hydrogen-bond acceptors (Lipinski definition) is 1. The van der Waals surface area contributed by atoms with E-state index < -0.39 is 0 Å². The molecule has 2 aliphatic carbocycles. The van der Waals surface area contributed by atoms with Gasteiger partial charge < -0.3 is 0 Å². The van der Waals surface area contributed by atoms with Crippen LogP contribution < -0.4 is 0 Å². The lowest BCUT2D eigenvalue weighted by Crippen LogP contribution is -2.13. The van der Waals surface area contributed by atoms with E-state index in [9.17, 15) is 0 Å².